The van der Waals surface area contributed by atoms with Crippen LogP contribution < -0.4 is 5.32 Å². The monoisotopic (exact) mass is 298 g/mol. The Morgan fingerprint density at radius 3 is 2.30 bits per heavy atom. The minimum atomic E-state index is -1.16. The van der Waals surface area contributed by atoms with E-state index in [2.05, 4.69) is 12.2 Å². The summed E-state index contributed by atoms with van der Waals surface area (Å²) in [4.78, 5) is 10.8. The molecule has 0 aliphatic carbocycles. The van der Waals surface area contributed by atoms with Crippen molar-refractivity contribution in [3.63, 3.8) is 0 Å². The minimum absolute atomic E-state index is 0.0152. The Bertz CT molecular complexity index is 462. The van der Waals surface area contributed by atoms with E-state index in [1.54, 1.807) is 12.1 Å². The number of benzene rings is 1. The van der Waals surface area contributed by atoms with Gasteiger partial charge in [-0.25, -0.2) is 0 Å². The highest BCUT2D eigenvalue weighted by molar-refractivity contribution is 7.85. The molecule has 0 saturated carbocycles. The lowest BCUT2D eigenvalue weighted by atomic mass is 10.1. The first-order chi connectivity index (χ1) is 9.54. The molecular weight excluding hydrogens is 276 g/mol. The van der Waals surface area contributed by atoms with Crippen molar-refractivity contribution in [3.05, 3.63) is 34.4 Å². The second kappa shape index (κ2) is 8.11. The van der Waals surface area contributed by atoms with E-state index in [-0.39, 0.29) is 17.0 Å². The van der Waals surface area contributed by atoms with Gasteiger partial charge in [0.05, 0.1) is 21.0 Å². The van der Waals surface area contributed by atoms with Crippen LogP contribution in [0.1, 0.15) is 33.1 Å². The average Bonchev–Trinajstić information content (AvgIpc) is 2.46. The van der Waals surface area contributed by atoms with Crippen LogP contribution in [0.3, 0.4) is 0 Å². The molecule has 1 aromatic carbocycles. The van der Waals surface area contributed by atoms with Gasteiger partial charge in [-0.1, -0.05) is 20.3 Å². The highest BCUT2D eigenvalue weighted by Crippen LogP contribution is 2.21. The van der Waals surface area contributed by atoms with Crippen LogP contribution in [0.4, 0.5) is 5.69 Å². The third-order valence-corrected chi connectivity index (χ3v) is 5.33. The number of nitro benzene ring substituents is 1. The zero-order chi connectivity index (χ0) is 15.1. The van der Waals surface area contributed by atoms with Crippen LogP contribution in [-0.4, -0.2) is 27.5 Å². The summed E-state index contributed by atoms with van der Waals surface area (Å²) >= 11 is 0. The normalized spacial score (nSPS) is 15.6. The zero-order valence-electron chi connectivity index (χ0n) is 12.2. The fraction of sp³-hybridized carbons (Fsp3) is 0.571. The first-order valence-corrected chi connectivity index (χ1v) is 8.08. The second-order valence-electron chi connectivity index (χ2n) is 4.68. The van der Waals surface area contributed by atoms with Crippen molar-refractivity contribution in [1.82, 2.24) is 5.32 Å². The Labute approximate surface area is 122 Å². The minimum Gasteiger partial charge on any atom is -0.316 e. The van der Waals surface area contributed by atoms with Crippen LogP contribution in [0, 0.1) is 10.1 Å². The number of nitrogens with zero attached hydrogens (tertiary/aromatic N) is 1. The Morgan fingerprint density at radius 1 is 1.30 bits per heavy atom. The largest absolute Gasteiger partial charge is 0.316 e. The van der Waals surface area contributed by atoms with Gasteiger partial charge in [-0.3, -0.25) is 14.3 Å². The van der Waals surface area contributed by atoms with Crippen LogP contribution in [0.15, 0.2) is 29.2 Å². The van der Waals surface area contributed by atoms with E-state index in [1.165, 1.54) is 12.1 Å². The summed E-state index contributed by atoms with van der Waals surface area (Å²) in [5.41, 5.74) is 0.0255. The highest BCUT2D eigenvalue weighted by atomic mass is 32.2. The summed E-state index contributed by atoms with van der Waals surface area (Å²) in [6.45, 7) is 4.12. The molecule has 0 amide bonds. The van der Waals surface area contributed by atoms with Gasteiger partial charge in [-0.05, 0) is 32.0 Å². The van der Waals surface area contributed by atoms with E-state index in [1.807, 2.05) is 14.0 Å². The van der Waals surface area contributed by atoms with E-state index in [4.69, 9.17) is 0 Å². The third kappa shape index (κ3) is 4.11. The molecule has 1 aromatic rings. The standard InChI is InChI=1S/C14H22N2O3S/c1-4-6-13(15-3)14(5-2)20(19)12-9-7-11(8-10-12)16(17)18/h7-10,13-15H,4-6H2,1-3H3. The number of hydrogen-bond donors (Lipinski definition) is 1. The molecule has 0 heterocycles. The number of hydrogen-bond acceptors (Lipinski definition) is 4. The number of rotatable bonds is 8. The van der Waals surface area contributed by atoms with Crippen LogP contribution >= 0.6 is 0 Å². The predicted molar refractivity (Wildman–Crippen MR) is 81.3 cm³/mol. The Morgan fingerprint density at radius 2 is 1.90 bits per heavy atom. The quantitative estimate of drug-likeness (QED) is 0.591. The molecule has 112 valence electrons. The van der Waals surface area contributed by atoms with Crippen LogP contribution in [0.2, 0.25) is 0 Å². The van der Waals surface area contributed by atoms with Gasteiger partial charge >= 0.3 is 0 Å². The molecule has 1 N–H and O–H groups in total. The van der Waals surface area contributed by atoms with Crippen molar-refractivity contribution >= 4 is 16.5 Å². The molecule has 0 bridgehead atoms. The molecule has 1 rings (SSSR count). The molecule has 20 heavy (non-hydrogen) atoms. The molecule has 0 aliphatic heterocycles. The smallest absolute Gasteiger partial charge is 0.269 e. The molecule has 0 spiro atoms. The van der Waals surface area contributed by atoms with E-state index in [0.717, 1.165) is 19.3 Å². The topological polar surface area (TPSA) is 72.2 Å². The van der Waals surface area contributed by atoms with Crippen LogP contribution in [0.25, 0.3) is 0 Å². The molecule has 6 heteroatoms. The lowest BCUT2D eigenvalue weighted by molar-refractivity contribution is -0.384. The Balaban J connectivity index is 2.92. The molecule has 3 atom stereocenters. The van der Waals surface area contributed by atoms with Crippen LogP contribution in [0.5, 0.6) is 0 Å². The fourth-order valence-electron chi connectivity index (χ4n) is 2.29. The van der Waals surface area contributed by atoms with Gasteiger partial charge in [0.15, 0.2) is 0 Å². The Kier molecular flexibility index (Phi) is 6.81. The zero-order valence-corrected chi connectivity index (χ0v) is 13.0. The number of nitrogens with one attached hydrogen (secondary N) is 1. The number of nitro groups is 1. The van der Waals surface area contributed by atoms with Crippen molar-refractivity contribution in [2.45, 2.75) is 49.3 Å². The third-order valence-electron chi connectivity index (χ3n) is 3.38. The number of non-ortho nitro benzene ring substituents is 1. The maximum atomic E-state index is 12.6. The summed E-state index contributed by atoms with van der Waals surface area (Å²) in [6.07, 6.45) is 2.79. The first-order valence-electron chi connectivity index (χ1n) is 6.87. The highest BCUT2D eigenvalue weighted by Gasteiger charge is 2.25. The summed E-state index contributed by atoms with van der Waals surface area (Å²) in [5, 5.41) is 13.9. The summed E-state index contributed by atoms with van der Waals surface area (Å²) in [6, 6.07) is 6.20. The lowest BCUT2D eigenvalue weighted by Crippen LogP contribution is -2.39. The molecule has 3 unspecified atom stereocenters. The summed E-state index contributed by atoms with van der Waals surface area (Å²) in [7, 11) is 0.726. The SMILES string of the molecule is CCCC(NC)C(CC)S(=O)c1ccc([N+](=O)[O-])cc1. The maximum Gasteiger partial charge on any atom is 0.269 e. The van der Waals surface area contributed by atoms with Gasteiger partial charge < -0.3 is 5.32 Å². The Hall–Kier alpha value is -1.27. The van der Waals surface area contributed by atoms with Gasteiger partial charge in [-0.2, -0.15) is 0 Å². The molecule has 0 saturated heterocycles. The second-order valence-corrected chi connectivity index (χ2v) is 6.35. The van der Waals surface area contributed by atoms with E-state index < -0.39 is 15.7 Å². The molecule has 0 fully saturated rings. The van der Waals surface area contributed by atoms with Gasteiger partial charge in [0, 0.05) is 23.1 Å². The molecule has 0 aliphatic rings. The predicted octanol–water partition coefficient (Wildman–Crippen LogP) is 2.87. The maximum absolute atomic E-state index is 12.6. The molecule has 0 radical (unpaired) electrons. The molecule has 5 nitrogen and oxygen atoms in total. The fourth-order valence-corrected chi connectivity index (χ4v) is 3.92. The molecular formula is C14H22N2O3S. The van der Waals surface area contributed by atoms with Crippen molar-refractivity contribution in [3.8, 4) is 0 Å². The van der Waals surface area contributed by atoms with Crippen molar-refractivity contribution < 1.29 is 9.13 Å². The van der Waals surface area contributed by atoms with Gasteiger partial charge in [-0.15, -0.1) is 0 Å². The van der Waals surface area contributed by atoms with Crippen molar-refractivity contribution in [2.75, 3.05) is 7.05 Å². The van der Waals surface area contributed by atoms with E-state index in [9.17, 15) is 14.3 Å². The van der Waals surface area contributed by atoms with Crippen LogP contribution in [-0.2, 0) is 10.8 Å². The average molecular weight is 298 g/mol. The van der Waals surface area contributed by atoms with Gasteiger partial charge in [0.25, 0.3) is 5.69 Å². The first kappa shape index (κ1) is 16.8. The van der Waals surface area contributed by atoms with Crippen molar-refractivity contribution in [2.24, 2.45) is 0 Å². The molecule has 0 aromatic heterocycles. The summed E-state index contributed by atoms with van der Waals surface area (Å²) < 4.78 is 12.6. The van der Waals surface area contributed by atoms with E-state index in [0.29, 0.717) is 4.90 Å². The van der Waals surface area contributed by atoms with Gasteiger partial charge in [0.1, 0.15) is 0 Å². The van der Waals surface area contributed by atoms with E-state index >= 15 is 0 Å². The van der Waals surface area contributed by atoms with Crippen molar-refractivity contribution in [1.29, 1.82) is 0 Å². The lowest BCUT2D eigenvalue weighted by Gasteiger charge is -2.25. The summed E-state index contributed by atoms with van der Waals surface area (Å²) in [5.74, 6) is 0. The van der Waals surface area contributed by atoms with Gasteiger partial charge in [0.2, 0.25) is 0 Å².